The zero-order chi connectivity index (χ0) is 29.2. The van der Waals surface area contributed by atoms with Gasteiger partial charge in [0.15, 0.2) is 4.80 Å². The minimum absolute atomic E-state index is 0.186. The smallest absolute Gasteiger partial charge is 0.338 e. The van der Waals surface area contributed by atoms with E-state index in [2.05, 4.69) is 0 Å². The molecule has 3 aromatic heterocycles. The van der Waals surface area contributed by atoms with E-state index >= 15 is 0 Å². The van der Waals surface area contributed by atoms with E-state index in [1.807, 2.05) is 47.8 Å². The number of esters is 2. The predicted octanol–water partition coefficient (Wildman–Crippen LogP) is 5.04. The van der Waals surface area contributed by atoms with Crippen LogP contribution in [0.5, 0.6) is 0 Å². The molecule has 1 unspecified atom stereocenters. The molecule has 0 saturated heterocycles. The number of hydrogen-bond donors (Lipinski definition) is 0. The first kappa shape index (κ1) is 27.4. The molecular formula is C32H24N2O6S2. The number of carbonyl (C=O) groups excluding carboxylic acids is 2. The van der Waals surface area contributed by atoms with Gasteiger partial charge in [-0.05, 0) is 36.6 Å². The Morgan fingerprint density at radius 3 is 2.52 bits per heavy atom. The quantitative estimate of drug-likeness (QED) is 0.244. The maximum atomic E-state index is 14.0. The largest absolute Gasteiger partial charge is 0.465 e. The molecule has 4 heterocycles. The number of carbonyl (C=O) groups is 2. The average molecular weight is 597 g/mol. The predicted molar refractivity (Wildman–Crippen MR) is 161 cm³/mol. The molecule has 2 aromatic carbocycles. The summed E-state index contributed by atoms with van der Waals surface area (Å²) < 4.78 is 18.4. The topological polar surface area (TPSA) is 100 Å². The second-order valence-electron chi connectivity index (χ2n) is 9.19. The van der Waals surface area contributed by atoms with Crippen LogP contribution in [0.2, 0.25) is 0 Å². The summed E-state index contributed by atoms with van der Waals surface area (Å²) in [5.74, 6) is -0.109. The molecule has 0 N–H and O–H groups in total. The molecule has 1 atom stereocenters. The van der Waals surface area contributed by atoms with Crippen molar-refractivity contribution in [1.29, 1.82) is 0 Å². The maximum absolute atomic E-state index is 14.0. The number of thiazole rings is 1. The molecule has 0 fully saturated rings. The number of methoxy groups -OCH3 is 1. The number of nitrogens with zero attached hydrogens (tertiary/aromatic N) is 2. The number of fused-ring (bicyclic) bond motifs is 1. The fourth-order valence-electron chi connectivity index (χ4n) is 4.85. The molecule has 210 valence electrons. The van der Waals surface area contributed by atoms with Gasteiger partial charge in [0.05, 0.1) is 35.1 Å². The number of furan rings is 1. The Morgan fingerprint density at radius 1 is 1.00 bits per heavy atom. The van der Waals surface area contributed by atoms with Crippen molar-refractivity contribution in [1.82, 2.24) is 4.57 Å². The Hall–Kier alpha value is -4.80. The van der Waals surface area contributed by atoms with E-state index in [0.717, 1.165) is 10.4 Å². The van der Waals surface area contributed by atoms with Crippen LogP contribution in [0.25, 0.3) is 23.1 Å². The van der Waals surface area contributed by atoms with Gasteiger partial charge in [-0.2, -0.15) is 0 Å². The highest BCUT2D eigenvalue weighted by Crippen LogP contribution is 2.37. The zero-order valence-electron chi connectivity index (χ0n) is 22.6. The van der Waals surface area contributed by atoms with Gasteiger partial charge in [-0.15, -0.1) is 11.3 Å². The van der Waals surface area contributed by atoms with E-state index in [4.69, 9.17) is 18.9 Å². The normalized spacial score (nSPS) is 14.8. The van der Waals surface area contributed by atoms with Crippen molar-refractivity contribution in [2.45, 2.75) is 13.0 Å². The van der Waals surface area contributed by atoms with Crippen molar-refractivity contribution in [2.24, 2.45) is 4.99 Å². The third-order valence-corrected chi connectivity index (χ3v) is 8.59. The van der Waals surface area contributed by atoms with Crippen molar-refractivity contribution < 1.29 is 23.5 Å². The highest BCUT2D eigenvalue weighted by atomic mass is 32.1. The Balaban J connectivity index is 1.52. The van der Waals surface area contributed by atoms with E-state index in [9.17, 15) is 14.4 Å². The summed E-state index contributed by atoms with van der Waals surface area (Å²) >= 11 is 2.67. The van der Waals surface area contributed by atoms with E-state index in [1.54, 1.807) is 54.0 Å². The van der Waals surface area contributed by atoms with Gasteiger partial charge in [0.25, 0.3) is 5.56 Å². The van der Waals surface area contributed by atoms with Gasteiger partial charge >= 0.3 is 11.9 Å². The highest BCUT2D eigenvalue weighted by molar-refractivity contribution is 7.10. The number of ether oxygens (including phenoxy) is 2. The van der Waals surface area contributed by atoms with Crippen LogP contribution >= 0.6 is 22.7 Å². The minimum atomic E-state index is -0.711. The van der Waals surface area contributed by atoms with Crippen LogP contribution in [-0.4, -0.2) is 30.2 Å². The first-order valence-corrected chi connectivity index (χ1v) is 14.8. The SMILES string of the molecule is CCOC(=O)C1=C(c2ccccc2)N=c2sc(=Cc3ccc(-c4ccccc4C(=O)OC)o3)c(=O)n2C1c1cccs1. The van der Waals surface area contributed by atoms with Crippen LogP contribution in [0, 0.1) is 0 Å². The zero-order valence-corrected chi connectivity index (χ0v) is 24.2. The monoisotopic (exact) mass is 596 g/mol. The molecule has 10 heteroatoms. The van der Waals surface area contributed by atoms with Crippen LogP contribution in [0.3, 0.4) is 0 Å². The van der Waals surface area contributed by atoms with Crippen molar-refractivity contribution in [3.63, 3.8) is 0 Å². The van der Waals surface area contributed by atoms with Crippen LogP contribution in [0.4, 0.5) is 0 Å². The first-order chi connectivity index (χ1) is 20.5. The fraction of sp³-hybridized carbons (Fsp3) is 0.125. The number of rotatable bonds is 7. The summed E-state index contributed by atoms with van der Waals surface area (Å²) in [4.78, 5) is 45.8. The van der Waals surface area contributed by atoms with Gasteiger partial charge in [-0.1, -0.05) is 65.9 Å². The van der Waals surface area contributed by atoms with E-state index < -0.39 is 18.0 Å². The lowest BCUT2D eigenvalue weighted by Crippen LogP contribution is -2.39. The molecule has 0 saturated carbocycles. The molecule has 5 aromatic rings. The Bertz CT molecular complexity index is 2000. The standard InChI is InChI=1S/C32H24N2O6S2/c1-3-39-31(37)26-27(19-10-5-4-6-11-19)33-32-34(28(26)24-14-9-17-41-24)29(35)25(42-32)18-20-15-16-23(40-20)21-12-7-8-13-22(21)30(36)38-2/h4-18,28H,3H2,1-2H3. The average Bonchev–Trinajstić information content (AvgIpc) is 3.78. The van der Waals surface area contributed by atoms with Crippen molar-refractivity contribution in [2.75, 3.05) is 13.7 Å². The lowest BCUT2D eigenvalue weighted by molar-refractivity contribution is -0.138. The summed E-state index contributed by atoms with van der Waals surface area (Å²) in [6, 6.07) is 23.0. The van der Waals surface area contributed by atoms with E-state index in [1.165, 1.54) is 29.8 Å². The molecule has 0 amide bonds. The van der Waals surface area contributed by atoms with Gasteiger partial charge in [0.2, 0.25) is 0 Å². The van der Waals surface area contributed by atoms with E-state index in [-0.39, 0.29) is 12.2 Å². The lowest BCUT2D eigenvalue weighted by Gasteiger charge is -2.24. The lowest BCUT2D eigenvalue weighted by atomic mass is 9.97. The summed E-state index contributed by atoms with van der Waals surface area (Å²) in [7, 11) is 1.33. The second kappa shape index (κ2) is 11.6. The molecule has 0 bridgehead atoms. The van der Waals surface area contributed by atoms with Crippen molar-refractivity contribution in [3.05, 3.63) is 131 Å². The second-order valence-corrected chi connectivity index (χ2v) is 11.2. The molecule has 8 nitrogen and oxygen atoms in total. The molecular weight excluding hydrogens is 572 g/mol. The summed E-state index contributed by atoms with van der Waals surface area (Å²) in [6.07, 6.45) is 1.65. The summed E-state index contributed by atoms with van der Waals surface area (Å²) in [5.41, 5.74) is 2.17. The third-order valence-electron chi connectivity index (χ3n) is 6.68. The fourth-order valence-corrected chi connectivity index (χ4v) is 6.65. The van der Waals surface area contributed by atoms with Crippen LogP contribution in [0.15, 0.2) is 104 Å². The van der Waals surface area contributed by atoms with Gasteiger partial charge < -0.3 is 13.9 Å². The Kier molecular flexibility index (Phi) is 7.56. The summed E-state index contributed by atoms with van der Waals surface area (Å²) in [6.45, 7) is 1.93. The Morgan fingerprint density at radius 2 is 1.79 bits per heavy atom. The van der Waals surface area contributed by atoms with Crippen LogP contribution < -0.4 is 14.9 Å². The molecule has 0 spiro atoms. The minimum Gasteiger partial charge on any atom is -0.465 e. The molecule has 1 aliphatic heterocycles. The first-order valence-electron chi connectivity index (χ1n) is 13.1. The van der Waals surface area contributed by atoms with Crippen molar-refractivity contribution in [3.8, 4) is 11.3 Å². The molecule has 6 rings (SSSR count). The summed E-state index contributed by atoms with van der Waals surface area (Å²) in [5, 5.41) is 1.91. The van der Waals surface area contributed by atoms with Crippen LogP contribution in [0.1, 0.15) is 39.5 Å². The van der Waals surface area contributed by atoms with Gasteiger partial charge in [-0.3, -0.25) is 9.36 Å². The van der Waals surface area contributed by atoms with Gasteiger partial charge in [-0.25, -0.2) is 14.6 Å². The number of hydrogen-bond acceptors (Lipinski definition) is 9. The van der Waals surface area contributed by atoms with Gasteiger partial charge in [0.1, 0.15) is 17.6 Å². The molecule has 1 aliphatic rings. The molecule has 42 heavy (non-hydrogen) atoms. The third kappa shape index (κ3) is 4.95. The number of aromatic nitrogens is 1. The maximum Gasteiger partial charge on any atom is 0.338 e. The van der Waals surface area contributed by atoms with E-state index in [0.29, 0.717) is 43.3 Å². The van der Waals surface area contributed by atoms with Crippen LogP contribution in [-0.2, 0) is 14.3 Å². The molecule has 0 radical (unpaired) electrons. The molecule has 0 aliphatic carbocycles. The number of thiophene rings is 1. The Labute approximate surface area is 248 Å². The van der Waals surface area contributed by atoms with Gasteiger partial charge in [0, 0.05) is 22.1 Å². The number of benzene rings is 2. The van der Waals surface area contributed by atoms with Crippen molar-refractivity contribution >= 4 is 46.4 Å². The highest BCUT2D eigenvalue weighted by Gasteiger charge is 2.35.